The van der Waals surface area contributed by atoms with Gasteiger partial charge in [-0.05, 0) is 77.0 Å². The monoisotopic (exact) mass is 955 g/mol. The number of allylic oxidation sites excluding steroid dienone is 10. The van der Waals surface area contributed by atoms with Crippen LogP contribution in [0.5, 0.6) is 0 Å². The predicted octanol–water partition coefficient (Wildman–Crippen LogP) is 11.8. The molecule has 1 aliphatic rings. The lowest BCUT2D eigenvalue weighted by atomic mass is 9.85. The minimum atomic E-state index is -5.03. The lowest BCUT2D eigenvalue weighted by molar-refractivity contribution is -0.220. The summed E-state index contributed by atoms with van der Waals surface area (Å²) < 4.78 is 34.3. The van der Waals surface area contributed by atoms with Gasteiger partial charge < -0.3 is 39.9 Å². The van der Waals surface area contributed by atoms with Gasteiger partial charge in [0.05, 0.1) is 13.2 Å². The fraction of sp³-hybridized carbons (Fsp3) is 0.792. The molecule has 0 aliphatic heterocycles. The van der Waals surface area contributed by atoms with Gasteiger partial charge in [-0.3, -0.25) is 13.8 Å². The largest absolute Gasteiger partial charge is 0.472 e. The van der Waals surface area contributed by atoms with Crippen molar-refractivity contribution < 1.29 is 58.3 Å². The second-order valence-corrected chi connectivity index (χ2v) is 19.4. The predicted molar refractivity (Wildman–Crippen MR) is 267 cm³/mol. The highest BCUT2D eigenvalue weighted by Crippen LogP contribution is 2.47. The van der Waals surface area contributed by atoms with E-state index in [9.17, 15) is 39.8 Å². The van der Waals surface area contributed by atoms with E-state index in [1.165, 1.54) is 103 Å². The van der Waals surface area contributed by atoms with E-state index in [1.54, 1.807) is 0 Å². The molecule has 1 rings (SSSR count). The number of aliphatic hydroxyl groups is 5. The van der Waals surface area contributed by atoms with Crippen molar-refractivity contribution in [2.75, 3.05) is 19.8 Å². The molecule has 0 heterocycles. The van der Waals surface area contributed by atoms with Crippen molar-refractivity contribution >= 4 is 13.8 Å². The SMILES string of the molecule is CC/C=C\C/C=C\C/C=C\C/C=C\CCCCCCCCCOCC(COP(=O)(O)OC1C(O)C(O)C(O)C(O)C1O)OC(=O)CCCCCCCCCCC/C=C\CCCCCCCC. The number of hydrogen-bond donors (Lipinski definition) is 6. The van der Waals surface area contributed by atoms with Gasteiger partial charge in [0.1, 0.15) is 42.7 Å². The van der Waals surface area contributed by atoms with Gasteiger partial charge in [0.25, 0.3) is 0 Å². The van der Waals surface area contributed by atoms with Crippen LogP contribution in [-0.2, 0) is 27.9 Å². The first-order chi connectivity index (χ1) is 32.0. The maximum absolute atomic E-state index is 12.9. The number of ether oxygens (including phenoxy) is 2. The van der Waals surface area contributed by atoms with Crippen molar-refractivity contribution in [1.82, 2.24) is 0 Å². The third-order valence-electron chi connectivity index (χ3n) is 11.9. The van der Waals surface area contributed by atoms with Crippen LogP contribution in [0.2, 0.25) is 0 Å². The standard InChI is InChI=1S/C53H95O12P/c1-3-5-7-9-11-13-15-17-19-21-23-25-27-29-31-33-35-37-39-41-43-62-44-46(45-63-66(60,61)65-53-51(58)49(56)48(55)50(57)52(53)59)64-47(54)42-40-38-36-34-32-30-28-26-24-22-20-18-16-14-12-10-8-6-4-2/h5,7,11,13,17-20,23,25,46,48-53,55-59H,3-4,6,8-10,12,14-16,21-22,24,26-45H2,1-2H3,(H,60,61)/b7-5-,13-11-,19-17-,20-18-,25-23-. The lowest BCUT2D eigenvalue weighted by Gasteiger charge is -2.41. The first kappa shape index (κ1) is 62.1. The molecule has 0 bridgehead atoms. The van der Waals surface area contributed by atoms with E-state index >= 15 is 0 Å². The summed E-state index contributed by atoms with van der Waals surface area (Å²) in [4.78, 5) is 23.3. The van der Waals surface area contributed by atoms with E-state index in [1.807, 2.05) is 0 Å². The van der Waals surface area contributed by atoms with Crippen LogP contribution in [0, 0.1) is 0 Å². The Balaban J connectivity index is 2.35. The number of unbranched alkanes of at least 4 members (excludes halogenated alkanes) is 22. The molecule has 384 valence electrons. The third kappa shape index (κ3) is 34.3. The maximum Gasteiger partial charge on any atom is 0.472 e. The highest BCUT2D eigenvalue weighted by atomic mass is 31.2. The van der Waals surface area contributed by atoms with Crippen LogP contribution >= 0.6 is 7.82 Å². The van der Waals surface area contributed by atoms with Crippen LogP contribution < -0.4 is 0 Å². The highest BCUT2D eigenvalue weighted by molar-refractivity contribution is 7.47. The molecule has 1 saturated carbocycles. The highest BCUT2D eigenvalue weighted by Gasteiger charge is 2.51. The zero-order valence-electron chi connectivity index (χ0n) is 41.2. The lowest BCUT2D eigenvalue weighted by Crippen LogP contribution is -2.64. The van der Waals surface area contributed by atoms with E-state index in [0.29, 0.717) is 13.0 Å². The summed E-state index contributed by atoms with van der Waals surface area (Å²) in [5.74, 6) is -0.484. The molecule has 1 aliphatic carbocycles. The second-order valence-electron chi connectivity index (χ2n) is 18.0. The summed E-state index contributed by atoms with van der Waals surface area (Å²) in [6.45, 7) is 4.13. The van der Waals surface area contributed by atoms with Crippen LogP contribution in [-0.4, -0.2) is 98.9 Å². The van der Waals surface area contributed by atoms with Gasteiger partial charge in [0.15, 0.2) is 0 Å². The molecule has 13 heteroatoms. The van der Waals surface area contributed by atoms with E-state index in [-0.39, 0.29) is 13.0 Å². The Bertz CT molecular complexity index is 1320. The molecule has 66 heavy (non-hydrogen) atoms. The molecule has 0 amide bonds. The average molecular weight is 955 g/mol. The Hall–Kier alpha value is -1.96. The van der Waals surface area contributed by atoms with Crippen molar-refractivity contribution in [3.05, 3.63) is 60.8 Å². The number of phosphoric ester groups is 1. The third-order valence-corrected chi connectivity index (χ3v) is 12.9. The summed E-state index contributed by atoms with van der Waals surface area (Å²) in [6.07, 6.45) is 42.8. The van der Waals surface area contributed by atoms with E-state index in [4.69, 9.17) is 18.5 Å². The molecule has 0 saturated heterocycles. The number of rotatable bonds is 44. The number of carbonyl (C=O) groups excluding carboxylic acids is 1. The smallest absolute Gasteiger partial charge is 0.457 e. The molecule has 6 unspecified atom stereocenters. The van der Waals surface area contributed by atoms with Crippen molar-refractivity contribution in [2.45, 2.75) is 249 Å². The summed E-state index contributed by atoms with van der Waals surface area (Å²) in [5, 5.41) is 50.3. The molecule has 0 radical (unpaired) electrons. The topological polar surface area (TPSA) is 192 Å². The Morgan fingerprint density at radius 1 is 0.500 bits per heavy atom. The minimum absolute atomic E-state index is 0.0865. The molecule has 1 fully saturated rings. The molecular weight excluding hydrogens is 860 g/mol. The zero-order chi connectivity index (χ0) is 48.4. The van der Waals surface area contributed by atoms with Gasteiger partial charge in [-0.15, -0.1) is 0 Å². The Kier molecular flexibility index (Phi) is 40.5. The van der Waals surface area contributed by atoms with Crippen molar-refractivity contribution in [3.8, 4) is 0 Å². The summed E-state index contributed by atoms with van der Waals surface area (Å²) in [5.41, 5.74) is 0. The van der Waals surface area contributed by atoms with Gasteiger partial charge in [0.2, 0.25) is 0 Å². The fourth-order valence-electron chi connectivity index (χ4n) is 7.75. The number of hydrogen-bond acceptors (Lipinski definition) is 11. The molecule has 0 aromatic carbocycles. The van der Waals surface area contributed by atoms with Gasteiger partial charge in [0, 0.05) is 13.0 Å². The summed E-state index contributed by atoms with van der Waals surface area (Å²) >= 11 is 0. The van der Waals surface area contributed by atoms with Crippen LogP contribution in [0.3, 0.4) is 0 Å². The zero-order valence-corrected chi connectivity index (χ0v) is 42.1. The van der Waals surface area contributed by atoms with Crippen molar-refractivity contribution in [1.29, 1.82) is 0 Å². The van der Waals surface area contributed by atoms with Crippen LogP contribution in [0.25, 0.3) is 0 Å². The number of aliphatic hydroxyl groups excluding tert-OH is 5. The van der Waals surface area contributed by atoms with Crippen molar-refractivity contribution in [2.24, 2.45) is 0 Å². The van der Waals surface area contributed by atoms with Gasteiger partial charge in [-0.25, -0.2) is 4.57 Å². The quantitative estimate of drug-likeness (QED) is 0.0147. The molecule has 6 N–H and O–H groups in total. The Morgan fingerprint density at radius 3 is 1.38 bits per heavy atom. The van der Waals surface area contributed by atoms with Gasteiger partial charge in [-0.2, -0.15) is 0 Å². The van der Waals surface area contributed by atoms with Crippen LogP contribution in [0.15, 0.2) is 60.8 Å². The van der Waals surface area contributed by atoms with E-state index in [2.05, 4.69) is 74.6 Å². The minimum Gasteiger partial charge on any atom is -0.457 e. The molecule has 12 nitrogen and oxygen atoms in total. The van der Waals surface area contributed by atoms with E-state index < -0.39 is 63.1 Å². The molecule has 0 aromatic rings. The second kappa shape index (κ2) is 43.1. The van der Waals surface area contributed by atoms with Gasteiger partial charge >= 0.3 is 13.8 Å². The molecule has 6 atom stereocenters. The Morgan fingerprint density at radius 2 is 0.894 bits per heavy atom. The summed E-state index contributed by atoms with van der Waals surface area (Å²) in [6, 6.07) is 0. The Labute approximate surface area is 400 Å². The van der Waals surface area contributed by atoms with Crippen molar-refractivity contribution in [3.63, 3.8) is 0 Å². The number of esters is 1. The van der Waals surface area contributed by atoms with E-state index in [0.717, 1.165) is 77.0 Å². The van der Waals surface area contributed by atoms with Crippen LogP contribution in [0.4, 0.5) is 0 Å². The van der Waals surface area contributed by atoms with Crippen LogP contribution in [0.1, 0.15) is 206 Å². The average Bonchev–Trinajstić information content (AvgIpc) is 3.30. The molecule has 0 aromatic heterocycles. The first-order valence-corrected chi connectivity index (χ1v) is 27.6. The fourth-order valence-corrected chi connectivity index (χ4v) is 8.73. The summed E-state index contributed by atoms with van der Waals surface area (Å²) in [7, 11) is -5.03. The number of carbonyl (C=O) groups is 1. The maximum atomic E-state index is 12.9. The number of phosphoric acid groups is 1. The molecular formula is C53H95O12P. The molecule has 0 spiro atoms. The van der Waals surface area contributed by atoms with Gasteiger partial charge in [-0.1, -0.05) is 184 Å². The first-order valence-electron chi connectivity index (χ1n) is 26.1. The normalized spacial score (nSPS) is 21.9.